The molecule has 2 N–H and O–H groups in total. The number of ether oxygens (including phenoxy) is 2. The van der Waals surface area contributed by atoms with Crippen molar-refractivity contribution >= 4 is 5.91 Å². The number of rotatable bonds is 8. The predicted molar refractivity (Wildman–Crippen MR) is 84.0 cm³/mol. The number of carbonyl (C=O) groups excluding carboxylic acids is 1. The molecule has 0 bridgehead atoms. The summed E-state index contributed by atoms with van der Waals surface area (Å²) in [7, 11) is 3.14. The number of hydrogen-bond acceptors (Lipinski definition) is 4. The molecule has 21 heavy (non-hydrogen) atoms. The standard InChI is InChI=1S/C16H26N2O3/c1-12(2)11-18(9-5-8-17)16(19)14-7-6-13(20-3)10-15(14)21-4/h6-7,10,12H,5,8-9,11,17H2,1-4H3. The Hall–Kier alpha value is -1.75. The van der Waals surface area contributed by atoms with Gasteiger partial charge < -0.3 is 20.1 Å². The molecule has 1 rings (SSSR count). The normalized spacial score (nSPS) is 10.6. The van der Waals surface area contributed by atoms with Crippen molar-refractivity contribution < 1.29 is 14.3 Å². The number of methoxy groups -OCH3 is 2. The molecular weight excluding hydrogens is 268 g/mol. The van der Waals surface area contributed by atoms with Crippen LogP contribution in [0.5, 0.6) is 11.5 Å². The molecule has 0 saturated heterocycles. The Kier molecular flexibility index (Phi) is 7.02. The van der Waals surface area contributed by atoms with Gasteiger partial charge in [-0.3, -0.25) is 4.79 Å². The average molecular weight is 294 g/mol. The minimum absolute atomic E-state index is 0.0309. The van der Waals surface area contributed by atoms with E-state index in [0.717, 1.165) is 6.42 Å². The lowest BCUT2D eigenvalue weighted by atomic mass is 10.1. The van der Waals surface area contributed by atoms with Crippen molar-refractivity contribution in [2.45, 2.75) is 20.3 Å². The molecule has 1 aromatic carbocycles. The van der Waals surface area contributed by atoms with Gasteiger partial charge in [0.15, 0.2) is 0 Å². The van der Waals surface area contributed by atoms with E-state index in [-0.39, 0.29) is 5.91 Å². The van der Waals surface area contributed by atoms with Crippen LogP contribution in [0.4, 0.5) is 0 Å². The van der Waals surface area contributed by atoms with Crippen molar-refractivity contribution in [1.82, 2.24) is 4.90 Å². The van der Waals surface area contributed by atoms with Gasteiger partial charge in [0, 0.05) is 19.2 Å². The van der Waals surface area contributed by atoms with Gasteiger partial charge in [-0.25, -0.2) is 0 Å². The summed E-state index contributed by atoms with van der Waals surface area (Å²) in [5, 5.41) is 0. The molecule has 0 unspecified atom stereocenters. The second kappa shape index (κ2) is 8.52. The highest BCUT2D eigenvalue weighted by Crippen LogP contribution is 2.26. The summed E-state index contributed by atoms with van der Waals surface area (Å²) in [6, 6.07) is 5.24. The van der Waals surface area contributed by atoms with Crippen molar-refractivity contribution in [2.24, 2.45) is 11.7 Å². The van der Waals surface area contributed by atoms with Crippen LogP contribution in [-0.2, 0) is 0 Å². The highest BCUT2D eigenvalue weighted by Gasteiger charge is 2.20. The summed E-state index contributed by atoms with van der Waals surface area (Å²) >= 11 is 0. The molecule has 0 atom stereocenters. The fraction of sp³-hybridized carbons (Fsp3) is 0.562. The Labute approximate surface area is 127 Å². The Morgan fingerprint density at radius 3 is 2.52 bits per heavy atom. The first-order chi connectivity index (χ1) is 10.0. The third kappa shape index (κ3) is 4.93. The van der Waals surface area contributed by atoms with Crippen LogP contribution in [0.3, 0.4) is 0 Å². The molecule has 0 radical (unpaired) electrons. The summed E-state index contributed by atoms with van der Waals surface area (Å²) in [4.78, 5) is 14.6. The number of carbonyl (C=O) groups is 1. The van der Waals surface area contributed by atoms with E-state index < -0.39 is 0 Å². The monoisotopic (exact) mass is 294 g/mol. The van der Waals surface area contributed by atoms with E-state index >= 15 is 0 Å². The highest BCUT2D eigenvalue weighted by atomic mass is 16.5. The van der Waals surface area contributed by atoms with Gasteiger partial charge in [0.25, 0.3) is 5.91 Å². The Balaban J connectivity index is 3.01. The second-order valence-corrected chi connectivity index (χ2v) is 5.35. The first-order valence-electron chi connectivity index (χ1n) is 7.24. The molecule has 0 aromatic heterocycles. The second-order valence-electron chi connectivity index (χ2n) is 5.35. The van der Waals surface area contributed by atoms with Gasteiger partial charge in [-0.15, -0.1) is 0 Å². The molecule has 0 aliphatic heterocycles. The molecule has 5 nitrogen and oxygen atoms in total. The highest BCUT2D eigenvalue weighted by molar-refractivity contribution is 5.97. The molecule has 0 aliphatic rings. The summed E-state index contributed by atoms with van der Waals surface area (Å²) in [6.45, 7) is 6.11. The topological polar surface area (TPSA) is 64.8 Å². The fourth-order valence-electron chi connectivity index (χ4n) is 2.14. The van der Waals surface area contributed by atoms with Crippen LogP contribution in [-0.4, -0.2) is 44.7 Å². The quantitative estimate of drug-likeness (QED) is 0.798. The van der Waals surface area contributed by atoms with Crippen LogP contribution in [0, 0.1) is 5.92 Å². The van der Waals surface area contributed by atoms with E-state index in [2.05, 4.69) is 13.8 Å². The van der Waals surface area contributed by atoms with E-state index in [4.69, 9.17) is 15.2 Å². The Bertz CT molecular complexity index is 461. The number of benzene rings is 1. The molecule has 5 heteroatoms. The maximum atomic E-state index is 12.7. The van der Waals surface area contributed by atoms with Crippen LogP contribution >= 0.6 is 0 Å². The Morgan fingerprint density at radius 2 is 2.00 bits per heavy atom. The van der Waals surface area contributed by atoms with Crippen molar-refractivity contribution in [1.29, 1.82) is 0 Å². The van der Waals surface area contributed by atoms with E-state index in [1.807, 2.05) is 4.90 Å². The zero-order valence-electron chi connectivity index (χ0n) is 13.4. The molecular formula is C16H26N2O3. The van der Waals surface area contributed by atoms with Crippen LogP contribution in [0.1, 0.15) is 30.6 Å². The van der Waals surface area contributed by atoms with Crippen molar-refractivity contribution in [3.63, 3.8) is 0 Å². The summed E-state index contributed by atoms with van der Waals surface area (Å²) < 4.78 is 10.5. The summed E-state index contributed by atoms with van der Waals surface area (Å²) in [6.07, 6.45) is 0.789. The number of nitrogens with zero attached hydrogens (tertiary/aromatic N) is 1. The van der Waals surface area contributed by atoms with Gasteiger partial charge in [0.1, 0.15) is 11.5 Å². The van der Waals surface area contributed by atoms with Gasteiger partial charge in [0.05, 0.1) is 19.8 Å². The first-order valence-corrected chi connectivity index (χ1v) is 7.24. The largest absolute Gasteiger partial charge is 0.497 e. The molecule has 0 saturated carbocycles. The molecule has 1 amide bonds. The minimum atomic E-state index is -0.0309. The lowest BCUT2D eigenvalue weighted by molar-refractivity contribution is 0.0731. The minimum Gasteiger partial charge on any atom is -0.497 e. The molecule has 1 aromatic rings. The first kappa shape index (κ1) is 17.3. The third-order valence-corrected chi connectivity index (χ3v) is 3.14. The van der Waals surface area contributed by atoms with E-state index in [0.29, 0.717) is 42.6 Å². The number of nitrogens with two attached hydrogens (primary N) is 1. The van der Waals surface area contributed by atoms with Crippen molar-refractivity contribution in [3.05, 3.63) is 23.8 Å². The maximum Gasteiger partial charge on any atom is 0.257 e. The molecule has 0 spiro atoms. The van der Waals surface area contributed by atoms with Crippen LogP contribution in [0.15, 0.2) is 18.2 Å². The van der Waals surface area contributed by atoms with Crippen LogP contribution in [0.25, 0.3) is 0 Å². The zero-order chi connectivity index (χ0) is 15.8. The maximum absolute atomic E-state index is 12.7. The fourth-order valence-corrected chi connectivity index (χ4v) is 2.14. The number of hydrogen-bond donors (Lipinski definition) is 1. The smallest absolute Gasteiger partial charge is 0.257 e. The SMILES string of the molecule is COc1ccc(C(=O)N(CCCN)CC(C)C)c(OC)c1. The Morgan fingerprint density at radius 1 is 1.29 bits per heavy atom. The van der Waals surface area contributed by atoms with Gasteiger partial charge in [-0.05, 0) is 31.0 Å². The lowest BCUT2D eigenvalue weighted by Crippen LogP contribution is -2.36. The number of amides is 1. The molecule has 118 valence electrons. The van der Waals surface area contributed by atoms with Crippen LogP contribution in [0.2, 0.25) is 0 Å². The van der Waals surface area contributed by atoms with Gasteiger partial charge >= 0.3 is 0 Å². The van der Waals surface area contributed by atoms with Gasteiger partial charge in [0.2, 0.25) is 0 Å². The average Bonchev–Trinajstić information content (AvgIpc) is 2.49. The predicted octanol–water partition coefficient (Wildman–Crippen LogP) is 2.15. The van der Waals surface area contributed by atoms with Crippen molar-refractivity contribution in [2.75, 3.05) is 33.9 Å². The summed E-state index contributed by atoms with van der Waals surface area (Å²) in [5.41, 5.74) is 6.11. The molecule has 0 fully saturated rings. The van der Waals surface area contributed by atoms with Gasteiger partial charge in [-0.2, -0.15) is 0 Å². The zero-order valence-corrected chi connectivity index (χ0v) is 13.4. The van der Waals surface area contributed by atoms with Crippen molar-refractivity contribution in [3.8, 4) is 11.5 Å². The van der Waals surface area contributed by atoms with Crippen LogP contribution < -0.4 is 15.2 Å². The lowest BCUT2D eigenvalue weighted by Gasteiger charge is -2.25. The van der Waals surface area contributed by atoms with Gasteiger partial charge in [-0.1, -0.05) is 13.8 Å². The molecule has 0 heterocycles. The molecule has 0 aliphatic carbocycles. The van der Waals surface area contributed by atoms with E-state index in [1.54, 1.807) is 32.4 Å². The van der Waals surface area contributed by atoms with E-state index in [9.17, 15) is 4.79 Å². The summed E-state index contributed by atoms with van der Waals surface area (Å²) in [5.74, 6) is 1.56. The van der Waals surface area contributed by atoms with E-state index in [1.165, 1.54) is 0 Å². The third-order valence-electron chi connectivity index (χ3n) is 3.14.